The van der Waals surface area contributed by atoms with Gasteiger partial charge in [-0.25, -0.2) is 4.68 Å². The molecule has 0 atom stereocenters. The Hall–Kier alpha value is -1.68. The number of nitrogens with two attached hydrogens (primary N) is 1. The predicted molar refractivity (Wildman–Crippen MR) is 63.5 cm³/mol. The molecule has 84 valence electrons. The molecule has 0 aliphatic rings. The van der Waals surface area contributed by atoms with E-state index in [-0.39, 0.29) is 0 Å². The molecular formula is C12H16N4. The highest BCUT2D eigenvalue weighted by Crippen LogP contribution is 2.17. The Morgan fingerprint density at radius 1 is 1.25 bits per heavy atom. The van der Waals surface area contributed by atoms with Gasteiger partial charge in [0.2, 0.25) is 0 Å². The van der Waals surface area contributed by atoms with Crippen molar-refractivity contribution in [3.05, 3.63) is 41.0 Å². The summed E-state index contributed by atoms with van der Waals surface area (Å²) in [6.07, 6.45) is 1.95. The molecule has 4 heteroatoms. The minimum Gasteiger partial charge on any atom is -0.326 e. The van der Waals surface area contributed by atoms with Crippen LogP contribution in [0.15, 0.2) is 18.3 Å². The van der Waals surface area contributed by atoms with Crippen molar-refractivity contribution in [1.82, 2.24) is 14.8 Å². The van der Waals surface area contributed by atoms with Gasteiger partial charge in [-0.3, -0.25) is 4.98 Å². The van der Waals surface area contributed by atoms with Gasteiger partial charge in [-0.1, -0.05) is 0 Å². The first-order chi connectivity index (χ1) is 7.61. The van der Waals surface area contributed by atoms with Crippen LogP contribution in [0.2, 0.25) is 0 Å². The average Bonchev–Trinajstić information content (AvgIpc) is 2.63. The monoisotopic (exact) mass is 216 g/mol. The smallest absolute Gasteiger partial charge is 0.0726 e. The minimum absolute atomic E-state index is 0.480. The number of aryl methyl sites for hydroxylation is 3. The van der Waals surface area contributed by atoms with Crippen molar-refractivity contribution < 1.29 is 0 Å². The number of hydrogen-bond donors (Lipinski definition) is 1. The van der Waals surface area contributed by atoms with E-state index in [1.165, 1.54) is 0 Å². The molecule has 0 bridgehead atoms. The summed E-state index contributed by atoms with van der Waals surface area (Å²) in [6.45, 7) is 6.41. The summed E-state index contributed by atoms with van der Waals surface area (Å²) in [7, 11) is 0. The highest BCUT2D eigenvalue weighted by molar-refractivity contribution is 5.43. The van der Waals surface area contributed by atoms with Crippen LogP contribution in [0.5, 0.6) is 0 Å². The van der Waals surface area contributed by atoms with Gasteiger partial charge in [0.1, 0.15) is 0 Å². The van der Waals surface area contributed by atoms with Crippen LogP contribution in [-0.4, -0.2) is 14.8 Å². The summed E-state index contributed by atoms with van der Waals surface area (Å²) in [5, 5.41) is 4.41. The van der Waals surface area contributed by atoms with Gasteiger partial charge in [-0.05, 0) is 32.9 Å². The average molecular weight is 216 g/mol. The molecule has 2 aromatic rings. The fraction of sp³-hybridized carbons (Fsp3) is 0.333. The highest BCUT2D eigenvalue weighted by Gasteiger charge is 2.09. The third-order valence-electron chi connectivity index (χ3n) is 2.61. The highest BCUT2D eigenvalue weighted by atomic mass is 15.3. The third-order valence-corrected chi connectivity index (χ3v) is 2.61. The molecule has 4 nitrogen and oxygen atoms in total. The molecule has 0 saturated heterocycles. The number of aromatic nitrogens is 3. The van der Waals surface area contributed by atoms with Crippen molar-refractivity contribution in [2.75, 3.05) is 0 Å². The van der Waals surface area contributed by atoms with Crippen molar-refractivity contribution in [3.8, 4) is 5.69 Å². The van der Waals surface area contributed by atoms with Crippen LogP contribution < -0.4 is 5.73 Å². The van der Waals surface area contributed by atoms with Crippen LogP contribution >= 0.6 is 0 Å². The summed E-state index contributed by atoms with van der Waals surface area (Å²) in [4.78, 5) is 4.42. The Bertz CT molecular complexity index is 514. The van der Waals surface area contributed by atoms with E-state index in [9.17, 15) is 0 Å². The third kappa shape index (κ3) is 1.84. The number of pyridine rings is 1. The Morgan fingerprint density at radius 2 is 2.00 bits per heavy atom. The lowest BCUT2D eigenvalue weighted by molar-refractivity contribution is 0.829. The fourth-order valence-corrected chi connectivity index (χ4v) is 1.84. The molecule has 16 heavy (non-hydrogen) atoms. The van der Waals surface area contributed by atoms with Crippen LogP contribution in [-0.2, 0) is 6.54 Å². The maximum atomic E-state index is 5.76. The van der Waals surface area contributed by atoms with E-state index in [2.05, 4.69) is 10.1 Å². The normalized spacial score (nSPS) is 10.8. The van der Waals surface area contributed by atoms with Gasteiger partial charge in [-0.2, -0.15) is 5.10 Å². The fourth-order valence-electron chi connectivity index (χ4n) is 1.84. The quantitative estimate of drug-likeness (QED) is 0.830. The summed E-state index contributed by atoms with van der Waals surface area (Å²) in [5.41, 5.74) is 10.8. The van der Waals surface area contributed by atoms with Crippen LogP contribution in [0, 0.1) is 20.8 Å². The number of rotatable bonds is 2. The molecule has 2 heterocycles. The molecule has 0 aromatic carbocycles. The topological polar surface area (TPSA) is 56.7 Å². The van der Waals surface area contributed by atoms with Gasteiger partial charge in [0, 0.05) is 29.7 Å². The Labute approximate surface area is 95.1 Å². The van der Waals surface area contributed by atoms with E-state index in [4.69, 9.17) is 5.73 Å². The molecule has 0 amide bonds. The Morgan fingerprint density at radius 3 is 2.56 bits per heavy atom. The lowest BCUT2D eigenvalue weighted by Crippen LogP contribution is -2.09. The number of nitrogens with zero attached hydrogens (tertiary/aromatic N) is 3. The van der Waals surface area contributed by atoms with Gasteiger partial charge in [-0.15, -0.1) is 0 Å². The molecule has 0 saturated carbocycles. The molecular weight excluding hydrogens is 200 g/mol. The molecule has 2 rings (SSSR count). The first-order valence-corrected chi connectivity index (χ1v) is 5.31. The molecule has 0 unspecified atom stereocenters. The Kier molecular flexibility index (Phi) is 2.75. The molecule has 0 fully saturated rings. The maximum absolute atomic E-state index is 5.76. The predicted octanol–water partition coefficient (Wildman–Crippen LogP) is 1.65. The number of hydrogen-bond acceptors (Lipinski definition) is 3. The van der Waals surface area contributed by atoms with Gasteiger partial charge < -0.3 is 5.73 Å². The van der Waals surface area contributed by atoms with E-state index < -0.39 is 0 Å². The van der Waals surface area contributed by atoms with Crippen molar-refractivity contribution in [3.63, 3.8) is 0 Å². The molecule has 0 spiro atoms. The van der Waals surface area contributed by atoms with Gasteiger partial charge >= 0.3 is 0 Å². The minimum atomic E-state index is 0.480. The zero-order valence-corrected chi connectivity index (χ0v) is 9.86. The molecule has 2 N–H and O–H groups in total. The van der Waals surface area contributed by atoms with Crippen LogP contribution in [0.25, 0.3) is 5.69 Å². The van der Waals surface area contributed by atoms with E-state index in [1.807, 2.05) is 43.8 Å². The summed E-state index contributed by atoms with van der Waals surface area (Å²) in [5.74, 6) is 0. The first-order valence-electron chi connectivity index (χ1n) is 5.31. The van der Waals surface area contributed by atoms with Gasteiger partial charge in [0.25, 0.3) is 0 Å². The molecule has 0 aliphatic carbocycles. The lowest BCUT2D eigenvalue weighted by atomic mass is 10.1. The summed E-state index contributed by atoms with van der Waals surface area (Å²) < 4.78 is 1.86. The summed E-state index contributed by atoms with van der Waals surface area (Å²) >= 11 is 0. The van der Waals surface area contributed by atoms with Crippen molar-refractivity contribution in [2.24, 2.45) is 5.73 Å². The second kappa shape index (κ2) is 4.06. The SMILES string of the molecule is Cc1cc(-n2ccc(C)n2)c(CN)c(C)n1. The van der Waals surface area contributed by atoms with Crippen molar-refractivity contribution in [1.29, 1.82) is 0 Å². The van der Waals surface area contributed by atoms with Crippen LogP contribution in [0.1, 0.15) is 22.6 Å². The Balaban J connectivity index is 2.63. The van der Waals surface area contributed by atoms with Gasteiger partial charge in [0.15, 0.2) is 0 Å². The molecule has 0 radical (unpaired) electrons. The summed E-state index contributed by atoms with van der Waals surface area (Å²) in [6, 6.07) is 3.99. The molecule has 0 aliphatic heterocycles. The zero-order valence-electron chi connectivity index (χ0n) is 9.86. The second-order valence-corrected chi connectivity index (χ2v) is 3.95. The second-order valence-electron chi connectivity index (χ2n) is 3.95. The lowest BCUT2D eigenvalue weighted by Gasteiger charge is -2.11. The zero-order chi connectivity index (χ0) is 11.7. The molecule has 2 aromatic heterocycles. The van der Waals surface area contributed by atoms with Crippen LogP contribution in [0.4, 0.5) is 0 Å². The van der Waals surface area contributed by atoms with Crippen molar-refractivity contribution >= 4 is 0 Å². The van der Waals surface area contributed by atoms with E-state index >= 15 is 0 Å². The maximum Gasteiger partial charge on any atom is 0.0726 e. The largest absolute Gasteiger partial charge is 0.326 e. The van der Waals surface area contributed by atoms with Crippen molar-refractivity contribution in [2.45, 2.75) is 27.3 Å². The first kappa shape index (κ1) is 10.8. The van der Waals surface area contributed by atoms with E-state index in [0.29, 0.717) is 6.54 Å². The van der Waals surface area contributed by atoms with Gasteiger partial charge in [0.05, 0.1) is 11.4 Å². The standard InChI is InChI=1S/C12H16N4/c1-8-4-5-16(15-8)12-6-9(2)14-10(3)11(12)7-13/h4-6H,7,13H2,1-3H3. The van der Waals surface area contributed by atoms with Crippen LogP contribution in [0.3, 0.4) is 0 Å². The van der Waals surface area contributed by atoms with E-state index in [1.54, 1.807) is 0 Å². The van der Waals surface area contributed by atoms with E-state index in [0.717, 1.165) is 28.3 Å².